The lowest BCUT2D eigenvalue weighted by atomic mass is 10.1. The van der Waals surface area contributed by atoms with Gasteiger partial charge in [0.1, 0.15) is 11.5 Å². The highest BCUT2D eigenvalue weighted by atomic mass is 16.5. The van der Waals surface area contributed by atoms with Crippen molar-refractivity contribution in [2.45, 2.75) is 0 Å². The number of hydrogen-bond acceptors (Lipinski definition) is 5. The maximum atomic E-state index is 12.1. The van der Waals surface area contributed by atoms with Crippen LogP contribution in [0.25, 0.3) is 0 Å². The Morgan fingerprint density at radius 1 is 1.44 bits per heavy atom. The summed E-state index contributed by atoms with van der Waals surface area (Å²) in [5.74, 6) is 0.515. The zero-order valence-corrected chi connectivity index (χ0v) is 10.5. The molecule has 1 aromatic rings. The van der Waals surface area contributed by atoms with Gasteiger partial charge < -0.3 is 15.2 Å². The van der Waals surface area contributed by atoms with E-state index in [4.69, 9.17) is 4.74 Å². The summed E-state index contributed by atoms with van der Waals surface area (Å²) in [6.45, 7) is 3.85. The van der Waals surface area contributed by atoms with Crippen molar-refractivity contribution in [1.82, 2.24) is 10.2 Å². The Kier molecular flexibility index (Phi) is 4.17. The van der Waals surface area contributed by atoms with Crippen molar-refractivity contribution in [3.05, 3.63) is 23.8 Å². The number of ketones is 1. The minimum atomic E-state index is -0.0756. The van der Waals surface area contributed by atoms with Crippen LogP contribution >= 0.6 is 0 Å². The number of phenols is 1. The van der Waals surface area contributed by atoms with E-state index in [-0.39, 0.29) is 11.5 Å². The lowest BCUT2D eigenvalue weighted by Gasteiger charge is -2.26. The molecule has 1 heterocycles. The van der Waals surface area contributed by atoms with Gasteiger partial charge in [-0.25, -0.2) is 0 Å². The first-order valence-corrected chi connectivity index (χ1v) is 6.04. The van der Waals surface area contributed by atoms with Gasteiger partial charge in [0, 0.05) is 26.2 Å². The number of methoxy groups -OCH3 is 1. The minimum absolute atomic E-state index is 0.0101. The molecule has 18 heavy (non-hydrogen) atoms. The summed E-state index contributed by atoms with van der Waals surface area (Å²) in [5.41, 5.74) is 0.327. The summed E-state index contributed by atoms with van der Waals surface area (Å²) in [5, 5.41) is 13.0. The fourth-order valence-corrected chi connectivity index (χ4v) is 2.02. The van der Waals surface area contributed by atoms with E-state index < -0.39 is 0 Å². The highest BCUT2D eigenvalue weighted by Crippen LogP contribution is 2.23. The number of rotatable bonds is 4. The van der Waals surface area contributed by atoms with E-state index in [2.05, 4.69) is 10.2 Å². The fraction of sp³-hybridized carbons (Fsp3) is 0.462. The SMILES string of the molecule is COc1ccc(O)c(C(=O)CN2CCNCC2)c1. The normalized spacial score (nSPS) is 16.5. The predicted molar refractivity (Wildman–Crippen MR) is 68.3 cm³/mol. The Hall–Kier alpha value is -1.59. The number of nitrogens with one attached hydrogen (secondary N) is 1. The molecule has 98 valence electrons. The largest absolute Gasteiger partial charge is 0.507 e. The van der Waals surface area contributed by atoms with Crippen molar-refractivity contribution in [1.29, 1.82) is 0 Å². The lowest BCUT2D eigenvalue weighted by molar-refractivity contribution is 0.0918. The summed E-state index contributed by atoms with van der Waals surface area (Å²) in [4.78, 5) is 14.2. The first kappa shape index (κ1) is 12.9. The second-order valence-electron chi connectivity index (χ2n) is 4.33. The molecule has 2 rings (SSSR count). The Morgan fingerprint density at radius 3 is 2.83 bits per heavy atom. The molecule has 1 aliphatic rings. The molecule has 1 aromatic carbocycles. The standard InChI is InChI=1S/C13H18N2O3/c1-18-10-2-3-12(16)11(8-10)13(17)9-15-6-4-14-5-7-15/h2-3,8,14,16H,4-7,9H2,1H3. The van der Waals surface area contributed by atoms with Crippen LogP contribution < -0.4 is 10.1 Å². The highest BCUT2D eigenvalue weighted by Gasteiger charge is 2.17. The molecule has 0 aliphatic carbocycles. The fourth-order valence-electron chi connectivity index (χ4n) is 2.02. The molecule has 2 N–H and O–H groups in total. The molecule has 0 bridgehead atoms. The summed E-state index contributed by atoms with van der Waals surface area (Å²) in [6, 6.07) is 4.71. The van der Waals surface area contributed by atoms with E-state index >= 15 is 0 Å². The predicted octanol–water partition coefficient (Wildman–Crippen LogP) is 0.489. The van der Waals surface area contributed by atoms with Crippen LogP contribution in [0.3, 0.4) is 0 Å². The minimum Gasteiger partial charge on any atom is -0.507 e. The number of benzene rings is 1. The van der Waals surface area contributed by atoms with Crippen LogP contribution in [-0.4, -0.2) is 55.6 Å². The second kappa shape index (κ2) is 5.84. The maximum absolute atomic E-state index is 12.1. The van der Waals surface area contributed by atoms with Crippen molar-refractivity contribution in [3.63, 3.8) is 0 Å². The molecule has 0 spiro atoms. The molecule has 1 fully saturated rings. The molecule has 5 nitrogen and oxygen atoms in total. The van der Waals surface area contributed by atoms with Crippen molar-refractivity contribution in [2.75, 3.05) is 39.8 Å². The number of Topliss-reactive ketones (excluding diaryl/α,β-unsaturated/α-hetero) is 1. The number of carbonyl (C=O) groups is 1. The van der Waals surface area contributed by atoms with Crippen LogP contribution in [0.4, 0.5) is 0 Å². The lowest BCUT2D eigenvalue weighted by Crippen LogP contribution is -2.45. The van der Waals surface area contributed by atoms with Crippen LogP contribution in [0.1, 0.15) is 10.4 Å². The number of piperazine rings is 1. The average molecular weight is 250 g/mol. The Bertz CT molecular complexity index is 428. The maximum Gasteiger partial charge on any atom is 0.180 e. The Morgan fingerprint density at radius 2 is 2.17 bits per heavy atom. The number of hydrogen-bond donors (Lipinski definition) is 2. The number of ether oxygens (including phenoxy) is 1. The van der Waals surface area contributed by atoms with E-state index in [1.54, 1.807) is 12.1 Å². The van der Waals surface area contributed by atoms with Crippen molar-refractivity contribution < 1.29 is 14.6 Å². The van der Waals surface area contributed by atoms with Gasteiger partial charge in [-0.2, -0.15) is 0 Å². The van der Waals surface area contributed by atoms with Crippen LogP contribution in [0.15, 0.2) is 18.2 Å². The smallest absolute Gasteiger partial charge is 0.180 e. The molecule has 1 aliphatic heterocycles. The van der Waals surface area contributed by atoms with Gasteiger partial charge in [-0.05, 0) is 18.2 Å². The van der Waals surface area contributed by atoms with Gasteiger partial charge in [-0.1, -0.05) is 0 Å². The van der Waals surface area contributed by atoms with Gasteiger partial charge in [0.15, 0.2) is 5.78 Å². The van der Waals surface area contributed by atoms with Crippen molar-refractivity contribution in [2.24, 2.45) is 0 Å². The quantitative estimate of drug-likeness (QED) is 0.761. The zero-order valence-electron chi connectivity index (χ0n) is 10.5. The molecule has 0 aromatic heterocycles. The third-order valence-electron chi connectivity index (χ3n) is 3.08. The third kappa shape index (κ3) is 3.00. The summed E-state index contributed by atoms with van der Waals surface area (Å²) < 4.78 is 5.06. The van der Waals surface area contributed by atoms with Crippen LogP contribution in [-0.2, 0) is 0 Å². The molecule has 5 heteroatoms. The zero-order chi connectivity index (χ0) is 13.0. The van der Waals surface area contributed by atoms with Crippen LogP contribution in [0.5, 0.6) is 11.5 Å². The molecule has 0 unspecified atom stereocenters. The number of nitrogens with zero attached hydrogens (tertiary/aromatic N) is 1. The van der Waals surface area contributed by atoms with E-state index in [9.17, 15) is 9.90 Å². The first-order valence-electron chi connectivity index (χ1n) is 6.04. The van der Waals surface area contributed by atoms with Gasteiger partial charge in [-0.3, -0.25) is 9.69 Å². The average Bonchev–Trinajstić information content (AvgIpc) is 2.40. The highest BCUT2D eigenvalue weighted by molar-refractivity contribution is 6.00. The molecule has 0 amide bonds. The van der Waals surface area contributed by atoms with Crippen molar-refractivity contribution in [3.8, 4) is 11.5 Å². The van der Waals surface area contributed by atoms with Gasteiger partial charge >= 0.3 is 0 Å². The molecule has 1 saturated heterocycles. The number of aromatic hydroxyl groups is 1. The molecule has 0 saturated carbocycles. The molecule has 0 atom stereocenters. The third-order valence-corrected chi connectivity index (χ3v) is 3.08. The molecule has 0 radical (unpaired) electrons. The number of phenolic OH excluding ortho intramolecular Hbond substituents is 1. The molecular weight excluding hydrogens is 232 g/mol. The van der Waals surface area contributed by atoms with E-state index in [1.165, 1.54) is 13.2 Å². The van der Waals surface area contributed by atoms with Gasteiger partial charge in [-0.15, -0.1) is 0 Å². The Labute approximate surface area is 106 Å². The van der Waals surface area contributed by atoms with E-state index in [0.717, 1.165) is 26.2 Å². The van der Waals surface area contributed by atoms with Crippen molar-refractivity contribution >= 4 is 5.78 Å². The number of carbonyl (C=O) groups excluding carboxylic acids is 1. The van der Waals surface area contributed by atoms with Crippen LogP contribution in [0, 0.1) is 0 Å². The Balaban J connectivity index is 2.07. The van der Waals surface area contributed by atoms with Gasteiger partial charge in [0.2, 0.25) is 0 Å². The van der Waals surface area contributed by atoms with Gasteiger partial charge in [0.25, 0.3) is 0 Å². The van der Waals surface area contributed by atoms with E-state index in [0.29, 0.717) is 17.9 Å². The second-order valence-corrected chi connectivity index (χ2v) is 4.33. The molecular formula is C13H18N2O3. The summed E-state index contributed by atoms with van der Waals surface area (Å²) in [6.07, 6.45) is 0. The van der Waals surface area contributed by atoms with E-state index in [1.807, 2.05) is 0 Å². The summed E-state index contributed by atoms with van der Waals surface area (Å²) >= 11 is 0. The first-order chi connectivity index (χ1) is 8.70. The monoisotopic (exact) mass is 250 g/mol. The summed E-state index contributed by atoms with van der Waals surface area (Å²) in [7, 11) is 1.54. The topological polar surface area (TPSA) is 61.8 Å². The van der Waals surface area contributed by atoms with Gasteiger partial charge in [0.05, 0.1) is 19.2 Å². The van der Waals surface area contributed by atoms with Crippen LogP contribution in [0.2, 0.25) is 0 Å².